The molecule has 0 saturated heterocycles. The molecule has 0 atom stereocenters. The van der Waals surface area contributed by atoms with Crippen LogP contribution in [0, 0.1) is 5.92 Å². The van der Waals surface area contributed by atoms with E-state index in [4.69, 9.17) is 5.73 Å². The molecule has 0 aliphatic rings. The van der Waals surface area contributed by atoms with E-state index in [0.717, 1.165) is 19.4 Å². The highest BCUT2D eigenvalue weighted by molar-refractivity contribution is 4.96. The van der Waals surface area contributed by atoms with Crippen molar-refractivity contribution in [3.63, 3.8) is 0 Å². The molecule has 0 aromatic heterocycles. The maximum Gasteiger partial charge on any atom is -0.00427 e. The summed E-state index contributed by atoms with van der Waals surface area (Å²) in [7, 11) is 0. The topological polar surface area (TPSA) is 26.0 Å². The standard InChI is InChI=1S/C10H19N/c1-8(2)5-10(7-11)6-9(3)4/h10H,1,3,5-7,11H2,2,4H3. The van der Waals surface area contributed by atoms with Gasteiger partial charge in [-0.25, -0.2) is 0 Å². The Bertz CT molecular complexity index is 131. The number of nitrogens with two attached hydrogens (primary N) is 1. The van der Waals surface area contributed by atoms with Crippen LogP contribution in [0.25, 0.3) is 0 Å². The molecule has 64 valence electrons. The van der Waals surface area contributed by atoms with Crippen LogP contribution in [0.4, 0.5) is 0 Å². The van der Waals surface area contributed by atoms with Gasteiger partial charge in [0.1, 0.15) is 0 Å². The molecule has 0 radical (unpaired) electrons. The molecular formula is C10H19N. The quantitative estimate of drug-likeness (QED) is 0.603. The summed E-state index contributed by atoms with van der Waals surface area (Å²) in [6.07, 6.45) is 2.06. The second kappa shape index (κ2) is 5.14. The third-order valence-corrected chi connectivity index (χ3v) is 1.61. The van der Waals surface area contributed by atoms with E-state index in [1.807, 2.05) is 13.8 Å². The van der Waals surface area contributed by atoms with E-state index in [2.05, 4.69) is 13.2 Å². The van der Waals surface area contributed by atoms with Crippen LogP contribution in [0.5, 0.6) is 0 Å². The lowest BCUT2D eigenvalue weighted by Crippen LogP contribution is -2.14. The lowest BCUT2D eigenvalue weighted by Gasteiger charge is -2.13. The zero-order chi connectivity index (χ0) is 8.85. The Morgan fingerprint density at radius 3 is 1.73 bits per heavy atom. The van der Waals surface area contributed by atoms with Gasteiger partial charge in [0.25, 0.3) is 0 Å². The van der Waals surface area contributed by atoms with Crippen molar-refractivity contribution in [2.45, 2.75) is 26.7 Å². The summed E-state index contributed by atoms with van der Waals surface area (Å²) in [5.41, 5.74) is 8.01. The van der Waals surface area contributed by atoms with Gasteiger partial charge < -0.3 is 5.73 Å². The highest BCUT2D eigenvalue weighted by Gasteiger charge is 2.05. The average Bonchev–Trinajstić information content (AvgIpc) is 1.84. The molecule has 0 aromatic carbocycles. The van der Waals surface area contributed by atoms with Crippen molar-refractivity contribution < 1.29 is 0 Å². The van der Waals surface area contributed by atoms with Crippen molar-refractivity contribution in [1.82, 2.24) is 0 Å². The van der Waals surface area contributed by atoms with E-state index in [1.165, 1.54) is 11.1 Å². The Labute approximate surface area is 70.0 Å². The molecule has 0 amide bonds. The number of rotatable bonds is 5. The summed E-state index contributed by atoms with van der Waals surface area (Å²) >= 11 is 0. The molecule has 0 aliphatic carbocycles. The molecule has 0 bridgehead atoms. The van der Waals surface area contributed by atoms with E-state index in [-0.39, 0.29) is 0 Å². The summed E-state index contributed by atoms with van der Waals surface area (Å²) in [5, 5.41) is 0. The maximum atomic E-state index is 5.59. The third-order valence-electron chi connectivity index (χ3n) is 1.61. The number of allylic oxidation sites excluding steroid dienone is 2. The minimum absolute atomic E-state index is 0.546. The fourth-order valence-corrected chi connectivity index (χ4v) is 1.22. The van der Waals surface area contributed by atoms with Crippen LogP contribution in [0.3, 0.4) is 0 Å². The first kappa shape index (κ1) is 10.4. The van der Waals surface area contributed by atoms with Gasteiger partial charge in [0.15, 0.2) is 0 Å². The summed E-state index contributed by atoms with van der Waals surface area (Å²) < 4.78 is 0. The minimum atomic E-state index is 0.546. The van der Waals surface area contributed by atoms with Crippen LogP contribution in [-0.4, -0.2) is 6.54 Å². The average molecular weight is 153 g/mol. The Morgan fingerprint density at radius 1 is 1.18 bits per heavy atom. The van der Waals surface area contributed by atoms with Gasteiger partial charge in [-0.3, -0.25) is 0 Å². The zero-order valence-corrected chi connectivity index (χ0v) is 7.69. The van der Waals surface area contributed by atoms with E-state index in [9.17, 15) is 0 Å². The summed E-state index contributed by atoms with van der Waals surface area (Å²) in [5.74, 6) is 0.546. The van der Waals surface area contributed by atoms with Crippen LogP contribution in [0.2, 0.25) is 0 Å². The molecule has 0 aliphatic heterocycles. The molecule has 0 heterocycles. The largest absolute Gasteiger partial charge is 0.330 e. The van der Waals surface area contributed by atoms with Crippen LogP contribution in [0.15, 0.2) is 24.3 Å². The molecule has 0 unspecified atom stereocenters. The SMILES string of the molecule is C=C(C)CC(CN)CC(=C)C. The van der Waals surface area contributed by atoms with E-state index >= 15 is 0 Å². The van der Waals surface area contributed by atoms with Gasteiger partial charge in [0.2, 0.25) is 0 Å². The van der Waals surface area contributed by atoms with Crippen molar-refractivity contribution in [2.24, 2.45) is 11.7 Å². The lowest BCUT2D eigenvalue weighted by atomic mass is 9.95. The first-order chi connectivity index (χ1) is 5.06. The fraction of sp³-hybridized carbons (Fsp3) is 0.600. The molecule has 1 nitrogen and oxygen atoms in total. The lowest BCUT2D eigenvalue weighted by molar-refractivity contribution is 0.530. The van der Waals surface area contributed by atoms with Gasteiger partial charge >= 0.3 is 0 Å². The number of hydrogen-bond donors (Lipinski definition) is 1. The summed E-state index contributed by atoms with van der Waals surface area (Å²) in [6, 6.07) is 0. The highest BCUT2D eigenvalue weighted by Crippen LogP contribution is 2.16. The maximum absolute atomic E-state index is 5.59. The molecule has 0 rings (SSSR count). The van der Waals surface area contributed by atoms with Gasteiger partial charge in [0, 0.05) is 0 Å². The van der Waals surface area contributed by atoms with Crippen LogP contribution < -0.4 is 5.73 Å². The zero-order valence-electron chi connectivity index (χ0n) is 7.69. The minimum Gasteiger partial charge on any atom is -0.330 e. The molecule has 0 fully saturated rings. The Hall–Kier alpha value is -0.560. The molecule has 0 spiro atoms. The molecule has 0 saturated carbocycles. The Morgan fingerprint density at radius 2 is 1.55 bits per heavy atom. The summed E-state index contributed by atoms with van der Waals surface area (Å²) in [4.78, 5) is 0. The smallest absolute Gasteiger partial charge is 0.00427 e. The van der Waals surface area contributed by atoms with Crippen LogP contribution >= 0.6 is 0 Å². The second-order valence-corrected chi connectivity index (χ2v) is 3.42. The first-order valence-electron chi connectivity index (χ1n) is 4.05. The predicted molar refractivity (Wildman–Crippen MR) is 51.4 cm³/mol. The summed E-state index contributed by atoms with van der Waals surface area (Å²) in [6.45, 7) is 12.6. The first-order valence-corrected chi connectivity index (χ1v) is 4.05. The fourth-order valence-electron chi connectivity index (χ4n) is 1.22. The van der Waals surface area contributed by atoms with E-state index in [1.54, 1.807) is 0 Å². The third kappa shape index (κ3) is 5.86. The van der Waals surface area contributed by atoms with Gasteiger partial charge in [-0.2, -0.15) is 0 Å². The number of hydrogen-bond acceptors (Lipinski definition) is 1. The van der Waals surface area contributed by atoms with Gasteiger partial charge in [-0.15, -0.1) is 13.2 Å². The molecular weight excluding hydrogens is 134 g/mol. The van der Waals surface area contributed by atoms with Gasteiger partial charge in [0.05, 0.1) is 0 Å². The van der Waals surface area contributed by atoms with Crippen molar-refractivity contribution in [3.8, 4) is 0 Å². The highest BCUT2D eigenvalue weighted by atomic mass is 14.5. The molecule has 11 heavy (non-hydrogen) atoms. The van der Waals surface area contributed by atoms with Crippen LogP contribution in [-0.2, 0) is 0 Å². The van der Waals surface area contributed by atoms with Crippen molar-refractivity contribution in [1.29, 1.82) is 0 Å². The van der Waals surface area contributed by atoms with Crippen molar-refractivity contribution in [3.05, 3.63) is 24.3 Å². The van der Waals surface area contributed by atoms with E-state index < -0.39 is 0 Å². The molecule has 0 aromatic rings. The van der Waals surface area contributed by atoms with Crippen molar-refractivity contribution in [2.75, 3.05) is 6.54 Å². The Balaban J connectivity index is 3.76. The normalized spacial score (nSPS) is 10.2. The molecule has 1 heteroatoms. The molecule has 2 N–H and O–H groups in total. The van der Waals surface area contributed by atoms with Crippen molar-refractivity contribution >= 4 is 0 Å². The van der Waals surface area contributed by atoms with Gasteiger partial charge in [-0.1, -0.05) is 11.1 Å². The Kier molecular flexibility index (Phi) is 4.88. The predicted octanol–water partition coefficient (Wildman–Crippen LogP) is 2.49. The monoisotopic (exact) mass is 153 g/mol. The van der Waals surface area contributed by atoms with Crippen LogP contribution in [0.1, 0.15) is 26.7 Å². The van der Waals surface area contributed by atoms with Gasteiger partial charge in [-0.05, 0) is 39.2 Å². The van der Waals surface area contributed by atoms with E-state index in [0.29, 0.717) is 5.92 Å². The second-order valence-electron chi connectivity index (χ2n) is 3.42.